The van der Waals surface area contributed by atoms with E-state index in [1.165, 1.54) is 11.8 Å². The van der Waals surface area contributed by atoms with E-state index in [1.807, 2.05) is 27.9 Å². The summed E-state index contributed by atoms with van der Waals surface area (Å²) < 4.78 is 5.39. The smallest absolute Gasteiger partial charge is 0.321 e. The molecule has 0 saturated carbocycles. The topological polar surface area (TPSA) is 51.1 Å². The highest BCUT2D eigenvalue weighted by molar-refractivity contribution is 7.99. The van der Waals surface area contributed by atoms with E-state index in [2.05, 4.69) is 19.9 Å². The third kappa shape index (κ3) is 6.05. The van der Waals surface area contributed by atoms with Gasteiger partial charge in [0.05, 0.1) is 6.10 Å². The highest BCUT2D eigenvalue weighted by Crippen LogP contribution is 2.18. The second-order valence-electron chi connectivity index (χ2n) is 3.99. The molecule has 0 aliphatic heterocycles. The molecule has 1 aromatic rings. The molecule has 1 rings (SSSR count). The Kier molecular flexibility index (Phi) is 5.94. The van der Waals surface area contributed by atoms with Crippen LogP contribution in [0.1, 0.15) is 13.8 Å². The van der Waals surface area contributed by atoms with Crippen LogP contribution < -0.4 is 4.74 Å². The summed E-state index contributed by atoms with van der Waals surface area (Å²) in [5.74, 6) is 0.897. The van der Waals surface area contributed by atoms with Gasteiger partial charge in [-0.1, -0.05) is 11.8 Å². The van der Waals surface area contributed by atoms with Crippen molar-refractivity contribution in [1.29, 1.82) is 0 Å². The van der Waals surface area contributed by atoms with E-state index >= 15 is 0 Å². The maximum atomic E-state index is 5.81. The standard InChI is InChI=1S/C10H17ClN4OS/c1-7(2)16-9-12-8(11)13-10(14-9)17-6-5-15(3)4/h7H,5-6H2,1-4H3. The highest BCUT2D eigenvalue weighted by atomic mass is 35.5. The molecule has 0 bridgehead atoms. The fourth-order valence-corrected chi connectivity index (χ4v) is 2.10. The van der Waals surface area contributed by atoms with Crippen molar-refractivity contribution in [1.82, 2.24) is 19.9 Å². The number of thioether (sulfide) groups is 1. The Morgan fingerprint density at radius 3 is 2.59 bits per heavy atom. The zero-order valence-electron chi connectivity index (χ0n) is 10.5. The van der Waals surface area contributed by atoms with E-state index in [0.717, 1.165) is 12.3 Å². The molecule has 0 radical (unpaired) electrons. The van der Waals surface area contributed by atoms with E-state index in [9.17, 15) is 0 Å². The molecule has 0 atom stereocenters. The quantitative estimate of drug-likeness (QED) is 0.741. The molecule has 7 heteroatoms. The fourth-order valence-electron chi connectivity index (χ4n) is 0.962. The molecule has 0 amide bonds. The lowest BCUT2D eigenvalue weighted by atomic mass is 10.5. The lowest BCUT2D eigenvalue weighted by molar-refractivity contribution is 0.219. The average Bonchev–Trinajstić information content (AvgIpc) is 2.14. The molecule has 0 aromatic carbocycles. The van der Waals surface area contributed by atoms with Crippen LogP contribution in [0.4, 0.5) is 0 Å². The van der Waals surface area contributed by atoms with Crippen LogP contribution in [-0.2, 0) is 0 Å². The second-order valence-corrected chi connectivity index (χ2v) is 5.39. The maximum Gasteiger partial charge on any atom is 0.321 e. The van der Waals surface area contributed by atoms with Gasteiger partial charge in [-0.25, -0.2) is 0 Å². The molecule has 17 heavy (non-hydrogen) atoms. The van der Waals surface area contributed by atoms with Gasteiger partial charge in [0.25, 0.3) is 0 Å². The molecule has 0 unspecified atom stereocenters. The van der Waals surface area contributed by atoms with Crippen LogP contribution in [0.25, 0.3) is 0 Å². The minimum Gasteiger partial charge on any atom is -0.461 e. The van der Waals surface area contributed by atoms with Crippen molar-refractivity contribution in [3.05, 3.63) is 5.28 Å². The van der Waals surface area contributed by atoms with Gasteiger partial charge < -0.3 is 9.64 Å². The van der Waals surface area contributed by atoms with E-state index in [-0.39, 0.29) is 17.4 Å². The number of ether oxygens (including phenoxy) is 1. The van der Waals surface area contributed by atoms with Gasteiger partial charge in [0.15, 0.2) is 5.16 Å². The third-order valence-corrected chi connectivity index (χ3v) is 2.67. The summed E-state index contributed by atoms with van der Waals surface area (Å²) in [4.78, 5) is 14.2. The van der Waals surface area contributed by atoms with Gasteiger partial charge in [0, 0.05) is 12.3 Å². The van der Waals surface area contributed by atoms with Crippen molar-refractivity contribution in [3.63, 3.8) is 0 Å². The number of hydrogen-bond acceptors (Lipinski definition) is 6. The molecule has 0 aliphatic rings. The monoisotopic (exact) mass is 276 g/mol. The molecule has 1 heterocycles. The van der Waals surface area contributed by atoms with Crippen LogP contribution in [0.2, 0.25) is 5.28 Å². The summed E-state index contributed by atoms with van der Waals surface area (Å²) in [5, 5.41) is 0.769. The first-order valence-electron chi connectivity index (χ1n) is 5.33. The van der Waals surface area contributed by atoms with Crippen LogP contribution in [0, 0.1) is 0 Å². The van der Waals surface area contributed by atoms with Gasteiger partial charge in [-0.05, 0) is 39.5 Å². The lowest BCUT2D eigenvalue weighted by Crippen LogP contribution is -2.15. The summed E-state index contributed by atoms with van der Waals surface area (Å²) >= 11 is 7.34. The molecular weight excluding hydrogens is 260 g/mol. The average molecular weight is 277 g/mol. The van der Waals surface area contributed by atoms with Crippen molar-refractivity contribution in [2.75, 3.05) is 26.4 Å². The molecule has 0 saturated heterocycles. The zero-order valence-corrected chi connectivity index (χ0v) is 12.0. The Morgan fingerprint density at radius 1 is 1.29 bits per heavy atom. The largest absolute Gasteiger partial charge is 0.461 e. The van der Waals surface area contributed by atoms with Crippen molar-refractivity contribution >= 4 is 23.4 Å². The minimum atomic E-state index is 0.0214. The Hall–Kier alpha value is -0.590. The van der Waals surface area contributed by atoms with Crippen LogP contribution in [0.3, 0.4) is 0 Å². The van der Waals surface area contributed by atoms with E-state index in [4.69, 9.17) is 16.3 Å². The molecule has 0 spiro atoms. The summed E-state index contributed by atoms with van der Waals surface area (Å²) in [6, 6.07) is 0.285. The van der Waals surface area contributed by atoms with E-state index < -0.39 is 0 Å². The second kappa shape index (κ2) is 6.98. The fraction of sp³-hybridized carbons (Fsp3) is 0.700. The van der Waals surface area contributed by atoms with E-state index in [1.54, 1.807) is 0 Å². The lowest BCUT2D eigenvalue weighted by Gasteiger charge is -2.10. The molecule has 0 fully saturated rings. The number of aromatic nitrogens is 3. The van der Waals surface area contributed by atoms with E-state index in [0.29, 0.717) is 5.16 Å². The molecule has 1 aromatic heterocycles. The van der Waals surface area contributed by atoms with Crippen LogP contribution >= 0.6 is 23.4 Å². The van der Waals surface area contributed by atoms with Gasteiger partial charge in [-0.2, -0.15) is 15.0 Å². The maximum absolute atomic E-state index is 5.81. The molecular formula is C10H17ClN4OS. The molecule has 0 N–H and O–H groups in total. The van der Waals surface area contributed by atoms with Gasteiger partial charge in [0.1, 0.15) is 0 Å². The van der Waals surface area contributed by atoms with Gasteiger partial charge in [-0.3, -0.25) is 0 Å². The third-order valence-electron chi connectivity index (χ3n) is 1.68. The summed E-state index contributed by atoms with van der Waals surface area (Å²) in [6.45, 7) is 4.78. The van der Waals surface area contributed by atoms with Crippen LogP contribution in [0.15, 0.2) is 5.16 Å². The molecule has 5 nitrogen and oxygen atoms in total. The van der Waals surface area contributed by atoms with Crippen LogP contribution in [-0.4, -0.2) is 52.3 Å². The first kappa shape index (κ1) is 14.5. The minimum absolute atomic E-state index is 0.0214. The number of hydrogen-bond donors (Lipinski definition) is 0. The Labute approximate surface area is 111 Å². The predicted octanol–water partition coefficient (Wildman–Crippen LogP) is 1.97. The highest BCUT2D eigenvalue weighted by Gasteiger charge is 2.08. The summed E-state index contributed by atoms with van der Waals surface area (Å²) in [5.41, 5.74) is 0. The van der Waals surface area contributed by atoms with Gasteiger partial charge in [0.2, 0.25) is 5.28 Å². The van der Waals surface area contributed by atoms with Crippen molar-refractivity contribution in [2.45, 2.75) is 25.1 Å². The van der Waals surface area contributed by atoms with Crippen LogP contribution in [0.5, 0.6) is 6.01 Å². The summed E-state index contributed by atoms with van der Waals surface area (Å²) in [6.07, 6.45) is 0.0214. The predicted molar refractivity (Wildman–Crippen MR) is 69.9 cm³/mol. The van der Waals surface area contributed by atoms with Gasteiger partial charge in [-0.15, -0.1) is 0 Å². The first-order valence-corrected chi connectivity index (χ1v) is 6.69. The Balaban J connectivity index is 2.62. The van der Waals surface area contributed by atoms with Crippen molar-refractivity contribution < 1.29 is 4.74 Å². The number of halogens is 1. The number of rotatable bonds is 6. The Morgan fingerprint density at radius 2 is 2.00 bits per heavy atom. The zero-order chi connectivity index (χ0) is 12.8. The Bertz CT molecular complexity index is 362. The normalized spacial score (nSPS) is 11.2. The summed E-state index contributed by atoms with van der Waals surface area (Å²) in [7, 11) is 4.04. The molecule has 0 aliphatic carbocycles. The number of nitrogens with zero attached hydrogens (tertiary/aromatic N) is 4. The first-order chi connectivity index (χ1) is 7.97. The SMILES string of the molecule is CC(C)Oc1nc(Cl)nc(SCCN(C)C)n1. The van der Waals surface area contributed by atoms with Crippen molar-refractivity contribution in [2.24, 2.45) is 0 Å². The van der Waals surface area contributed by atoms with Crippen molar-refractivity contribution in [3.8, 4) is 6.01 Å². The van der Waals surface area contributed by atoms with Gasteiger partial charge >= 0.3 is 6.01 Å². The molecule has 96 valence electrons.